The number of rotatable bonds is 5. The van der Waals surface area contributed by atoms with E-state index in [0.29, 0.717) is 16.4 Å². The van der Waals surface area contributed by atoms with Crippen molar-refractivity contribution in [2.45, 2.75) is 40.0 Å². The molecule has 0 saturated heterocycles. The number of benzene rings is 2. The van der Waals surface area contributed by atoms with Crippen molar-refractivity contribution in [3.05, 3.63) is 74.9 Å². The summed E-state index contributed by atoms with van der Waals surface area (Å²) < 4.78 is 1.74. The number of hydrogen-bond donors (Lipinski definition) is 1. The largest absolute Gasteiger partial charge is 0.332 e. The minimum atomic E-state index is -0.336. The lowest BCUT2D eigenvalue weighted by molar-refractivity contribution is -0.116. The lowest BCUT2D eigenvalue weighted by atomic mass is 9.92. The number of carbonyl (C=O) groups is 2. The Morgan fingerprint density at radius 1 is 1.03 bits per heavy atom. The zero-order valence-electron chi connectivity index (χ0n) is 19.7. The Morgan fingerprint density at radius 2 is 1.73 bits per heavy atom. The van der Waals surface area contributed by atoms with Crippen LogP contribution < -0.4 is 5.32 Å². The number of aryl methyl sites for hydroxylation is 2. The summed E-state index contributed by atoms with van der Waals surface area (Å²) in [5.74, 6) is -0.119. The Labute approximate surface area is 204 Å². The van der Waals surface area contributed by atoms with E-state index in [2.05, 4.69) is 32.2 Å². The smallest absolute Gasteiger partial charge is 0.254 e. The van der Waals surface area contributed by atoms with Gasteiger partial charge in [0.2, 0.25) is 5.91 Å². The Morgan fingerprint density at radius 3 is 2.33 bits per heavy atom. The fourth-order valence-electron chi connectivity index (χ4n) is 3.38. The van der Waals surface area contributed by atoms with Crippen LogP contribution in [-0.4, -0.2) is 40.1 Å². The van der Waals surface area contributed by atoms with Gasteiger partial charge in [-0.15, -0.1) is 0 Å². The maximum absolute atomic E-state index is 12.9. The number of halogens is 2. The number of amides is 2. The van der Waals surface area contributed by atoms with E-state index in [1.54, 1.807) is 23.9 Å². The van der Waals surface area contributed by atoms with Crippen LogP contribution in [0.1, 0.15) is 48.0 Å². The molecule has 0 fully saturated rings. The van der Waals surface area contributed by atoms with Crippen molar-refractivity contribution < 1.29 is 9.59 Å². The Hall–Kier alpha value is -2.83. The van der Waals surface area contributed by atoms with Gasteiger partial charge >= 0.3 is 0 Å². The van der Waals surface area contributed by atoms with Crippen LogP contribution in [-0.2, 0) is 10.2 Å². The second-order valence-corrected chi connectivity index (χ2v) is 10.0. The highest BCUT2D eigenvalue weighted by Crippen LogP contribution is 2.28. The third-order valence-electron chi connectivity index (χ3n) is 5.22. The monoisotopic (exact) mass is 486 g/mol. The summed E-state index contributed by atoms with van der Waals surface area (Å²) in [4.78, 5) is 26.9. The fourth-order valence-corrected chi connectivity index (χ4v) is 3.68. The maximum Gasteiger partial charge on any atom is 0.254 e. The van der Waals surface area contributed by atoms with Gasteiger partial charge in [0.15, 0.2) is 0 Å². The minimum absolute atomic E-state index is 0.137. The first-order chi connectivity index (χ1) is 15.4. The molecular formula is C25H28Cl2N4O2. The highest BCUT2D eigenvalue weighted by Gasteiger charge is 2.23. The summed E-state index contributed by atoms with van der Waals surface area (Å²) in [5.41, 5.74) is 4.07. The molecular weight excluding hydrogens is 459 g/mol. The maximum atomic E-state index is 12.9. The van der Waals surface area contributed by atoms with E-state index < -0.39 is 0 Å². The molecule has 0 aliphatic carbocycles. The third-order valence-corrected chi connectivity index (χ3v) is 5.96. The van der Waals surface area contributed by atoms with Gasteiger partial charge in [-0.05, 0) is 43.7 Å². The van der Waals surface area contributed by atoms with Crippen LogP contribution in [0.25, 0.3) is 5.69 Å². The van der Waals surface area contributed by atoms with Gasteiger partial charge in [-0.25, -0.2) is 4.68 Å². The average Bonchev–Trinajstić information content (AvgIpc) is 3.13. The molecule has 3 rings (SSSR count). The van der Waals surface area contributed by atoms with Crippen molar-refractivity contribution in [3.8, 4) is 5.69 Å². The van der Waals surface area contributed by atoms with E-state index in [4.69, 9.17) is 28.3 Å². The quantitative estimate of drug-likeness (QED) is 0.494. The molecule has 8 heteroatoms. The number of likely N-dealkylation sites (N-methyl/N-ethyl adjacent to an activating group) is 1. The molecule has 2 amide bonds. The standard InChI is InChI=1S/C25H28Cl2N4O2/c1-15-7-10-20(16(2)11-15)31-22(13-21(29-31)25(3,4)5)28-23(32)14-30(6)24(33)17-8-9-18(26)19(27)12-17/h7-13H,14H2,1-6H3,(H,28,32). The predicted octanol–water partition coefficient (Wildman–Crippen LogP) is 5.80. The van der Waals surface area contributed by atoms with E-state index in [1.165, 1.54) is 11.0 Å². The Bertz CT molecular complexity index is 1210. The molecule has 33 heavy (non-hydrogen) atoms. The van der Waals surface area contributed by atoms with Crippen LogP contribution in [0.5, 0.6) is 0 Å². The number of aromatic nitrogens is 2. The zero-order valence-corrected chi connectivity index (χ0v) is 21.2. The number of nitrogens with zero attached hydrogens (tertiary/aromatic N) is 3. The molecule has 3 aromatic rings. The zero-order chi connectivity index (χ0) is 24.5. The molecule has 0 bridgehead atoms. The summed E-state index contributed by atoms with van der Waals surface area (Å²) in [6.07, 6.45) is 0. The summed E-state index contributed by atoms with van der Waals surface area (Å²) in [6, 6.07) is 12.6. The van der Waals surface area contributed by atoms with E-state index >= 15 is 0 Å². The van der Waals surface area contributed by atoms with E-state index in [-0.39, 0.29) is 28.8 Å². The molecule has 0 radical (unpaired) electrons. The van der Waals surface area contributed by atoms with Crippen molar-refractivity contribution in [2.75, 3.05) is 18.9 Å². The van der Waals surface area contributed by atoms with Crippen molar-refractivity contribution >= 4 is 40.8 Å². The van der Waals surface area contributed by atoms with Gasteiger partial charge in [-0.3, -0.25) is 9.59 Å². The van der Waals surface area contributed by atoms with Crippen molar-refractivity contribution in [3.63, 3.8) is 0 Å². The molecule has 0 saturated carbocycles. The molecule has 1 N–H and O–H groups in total. The first-order valence-electron chi connectivity index (χ1n) is 10.6. The summed E-state index contributed by atoms with van der Waals surface area (Å²) in [7, 11) is 1.56. The normalized spacial score (nSPS) is 11.4. The predicted molar refractivity (Wildman–Crippen MR) is 134 cm³/mol. The summed E-state index contributed by atoms with van der Waals surface area (Å²) in [6.45, 7) is 10.1. The third kappa shape index (κ3) is 5.75. The van der Waals surface area contributed by atoms with E-state index in [9.17, 15) is 9.59 Å². The van der Waals surface area contributed by atoms with Crippen LogP contribution in [0.4, 0.5) is 5.82 Å². The number of nitrogens with one attached hydrogen (secondary N) is 1. The van der Waals surface area contributed by atoms with Crippen LogP contribution in [0.15, 0.2) is 42.5 Å². The van der Waals surface area contributed by atoms with Gasteiger partial charge in [-0.2, -0.15) is 5.10 Å². The van der Waals surface area contributed by atoms with E-state index in [0.717, 1.165) is 22.5 Å². The molecule has 174 valence electrons. The molecule has 0 aliphatic rings. The number of carbonyl (C=O) groups excluding carboxylic acids is 2. The van der Waals surface area contributed by atoms with Crippen LogP contribution in [0.3, 0.4) is 0 Å². The molecule has 1 heterocycles. The van der Waals surface area contributed by atoms with Gasteiger partial charge in [0, 0.05) is 24.1 Å². The Kier molecular flexibility index (Phi) is 7.20. The van der Waals surface area contributed by atoms with Crippen LogP contribution >= 0.6 is 23.2 Å². The van der Waals surface area contributed by atoms with Gasteiger partial charge in [0.1, 0.15) is 5.82 Å². The SMILES string of the molecule is Cc1ccc(-n2nc(C(C)(C)C)cc2NC(=O)CN(C)C(=O)c2ccc(Cl)c(Cl)c2)c(C)c1. The highest BCUT2D eigenvalue weighted by molar-refractivity contribution is 6.42. The highest BCUT2D eigenvalue weighted by atomic mass is 35.5. The second-order valence-electron chi connectivity index (χ2n) is 9.20. The molecule has 0 atom stereocenters. The van der Waals surface area contributed by atoms with Crippen molar-refractivity contribution in [1.82, 2.24) is 14.7 Å². The Balaban J connectivity index is 1.84. The van der Waals surface area contributed by atoms with Crippen LogP contribution in [0, 0.1) is 13.8 Å². The van der Waals surface area contributed by atoms with Gasteiger partial charge in [0.25, 0.3) is 5.91 Å². The average molecular weight is 487 g/mol. The van der Waals surface area contributed by atoms with Gasteiger partial charge in [0.05, 0.1) is 28.0 Å². The van der Waals surface area contributed by atoms with E-state index in [1.807, 2.05) is 32.0 Å². The molecule has 2 aromatic carbocycles. The van der Waals surface area contributed by atoms with Crippen LogP contribution in [0.2, 0.25) is 10.0 Å². The lowest BCUT2D eigenvalue weighted by Crippen LogP contribution is -2.35. The number of hydrogen-bond acceptors (Lipinski definition) is 3. The molecule has 6 nitrogen and oxygen atoms in total. The first-order valence-corrected chi connectivity index (χ1v) is 11.3. The second kappa shape index (κ2) is 9.57. The lowest BCUT2D eigenvalue weighted by Gasteiger charge is -2.18. The van der Waals surface area contributed by atoms with Crippen molar-refractivity contribution in [2.24, 2.45) is 0 Å². The number of anilines is 1. The van der Waals surface area contributed by atoms with Gasteiger partial charge < -0.3 is 10.2 Å². The topological polar surface area (TPSA) is 67.2 Å². The summed E-state index contributed by atoms with van der Waals surface area (Å²) in [5, 5.41) is 8.34. The molecule has 0 unspecified atom stereocenters. The van der Waals surface area contributed by atoms with Gasteiger partial charge in [-0.1, -0.05) is 61.7 Å². The minimum Gasteiger partial charge on any atom is -0.332 e. The van der Waals surface area contributed by atoms with Crippen molar-refractivity contribution in [1.29, 1.82) is 0 Å². The summed E-state index contributed by atoms with van der Waals surface area (Å²) >= 11 is 12.0. The molecule has 0 spiro atoms. The first kappa shape index (κ1) is 24.8. The fraction of sp³-hybridized carbons (Fsp3) is 0.320. The molecule has 1 aromatic heterocycles. The molecule has 0 aliphatic heterocycles.